The minimum Gasteiger partial charge on any atom is -0.468 e. The van der Waals surface area contributed by atoms with Crippen molar-refractivity contribution in [3.63, 3.8) is 0 Å². The number of rotatable bonds is 5. The first kappa shape index (κ1) is 23.2. The Kier molecular flexibility index (Phi) is 5.55. The molecule has 7 heteroatoms. The number of methoxy groups -OCH3 is 2. The molecule has 0 amide bonds. The number of nitrogens with zero attached hydrogens (tertiary/aromatic N) is 1. The van der Waals surface area contributed by atoms with Crippen LogP contribution in [0.1, 0.15) is 22.3 Å². The van der Waals surface area contributed by atoms with Crippen molar-refractivity contribution in [3.05, 3.63) is 113 Å². The summed E-state index contributed by atoms with van der Waals surface area (Å²) in [7, 11) is 2.39. The minimum atomic E-state index is -2.13. The van der Waals surface area contributed by atoms with Crippen LogP contribution < -0.4 is 0 Å². The number of carbonyl (C=O) groups is 3. The Morgan fingerprint density at radius 3 is 2.00 bits per heavy atom. The van der Waals surface area contributed by atoms with Gasteiger partial charge in [0.1, 0.15) is 11.3 Å². The zero-order valence-corrected chi connectivity index (χ0v) is 20.0. The van der Waals surface area contributed by atoms with Gasteiger partial charge in [0.2, 0.25) is 11.0 Å². The Hall–Kier alpha value is -4.52. The molecular weight excluding hydrogens is 458 g/mol. The van der Waals surface area contributed by atoms with E-state index in [1.807, 2.05) is 25.1 Å². The van der Waals surface area contributed by atoms with Crippen LogP contribution in [0, 0.1) is 12.3 Å². The maximum Gasteiger partial charge on any atom is 0.342 e. The molecule has 0 fully saturated rings. The number of ether oxygens (including phenoxy) is 2. The lowest BCUT2D eigenvalue weighted by Crippen LogP contribution is -2.56. The Labute approximate surface area is 208 Å². The van der Waals surface area contributed by atoms with Crippen molar-refractivity contribution >= 4 is 29.0 Å². The fraction of sp³-hybridized carbons (Fsp3) is 0.172. The number of carbonyl (C=O) groups excluding carboxylic acids is 3. The smallest absolute Gasteiger partial charge is 0.342 e. The number of Topliss-reactive ketones (excluding diaryl/α,β-unsaturated/α-hetero) is 1. The number of esters is 2. The van der Waals surface area contributed by atoms with E-state index >= 15 is 0 Å². The maximum absolute atomic E-state index is 14.5. The van der Waals surface area contributed by atoms with Gasteiger partial charge >= 0.3 is 11.9 Å². The van der Waals surface area contributed by atoms with E-state index in [4.69, 9.17) is 14.3 Å². The number of benzene rings is 3. The topological polar surface area (TPSA) is 91.3 Å². The van der Waals surface area contributed by atoms with E-state index < -0.39 is 28.7 Å². The van der Waals surface area contributed by atoms with E-state index in [-0.39, 0.29) is 16.9 Å². The van der Waals surface area contributed by atoms with Crippen molar-refractivity contribution in [1.82, 2.24) is 0 Å². The third kappa shape index (κ3) is 2.92. The zero-order chi connectivity index (χ0) is 25.5. The monoisotopic (exact) mass is 481 g/mol. The molecule has 5 rings (SSSR count). The van der Waals surface area contributed by atoms with E-state index in [2.05, 4.69) is 5.16 Å². The van der Waals surface area contributed by atoms with Gasteiger partial charge in [0.15, 0.2) is 5.78 Å². The molecule has 36 heavy (non-hydrogen) atoms. The van der Waals surface area contributed by atoms with E-state index in [1.165, 1.54) is 14.2 Å². The molecule has 0 bridgehead atoms. The molecule has 0 radical (unpaired) electrons. The molecule has 3 aromatic carbocycles. The Morgan fingerprint density at radius 2 is 1.42 bits per heavy atom. The van der Waals surface area contributed by atoms with E-state index in [9.17, 15) is 14.4 Å². The second-order valence-corrected chi connectivity index (χ2v) is 8.62. The fourth-order valence-corrected chi connectivity index (χ4v) is 5.20. The number of fused-ring (bicyclic) bond motifs is 1. The highest BCUT2D eigenvalue weighted by Gasteiger charge is 2.79. The Bertz CT molecular complexity index is 1430. The number of ketones is 1. The third-order valence-electron chi connectivity index (χ3n) is 6.78. The molecule has 0 saturated heterocycles. The first-order valence-corrected chi connectivity index (χ1v) is 11.3. The molecule has 1 aliphatic carbocycles. The highest BCUT2D eigenvalue weighted by molar-refractivity contribution is 6.44. The van der Waals surface area contributed by atoms with Crippen LogP contribution in [0.3, 0.4) is 0 Å². The minimum absolute atomic E-state index is 0.0653. The second-order valence-electron chi connectivity index (χ2n) is 8.62. The van der Waals surface area contributed by atoms with Gasteiger partial charge in [0.05, 0.1) is 14.2 Å². The summed E-state index contributed by atoms with van der Waals surface area (Å²) in [6, 6.07) is 24.9. The summed E-state index contributed by atoms with van der Waals surface area (Å²) in [6.45, 7) is 1.92. The summed E-state index contributed by atoms with van der Waals surface area (Å²) < 4.78 is 10.3. The number of aryl methyl sites for hydroxylation is 1. The zero-order valence-electron chi connectivity index (χ0n) is 20.0. The second kappa shape index (κ2) is 8.61. The third-order valence-corrected chi connectivity index (χ3v) is 6.78. The van der Waals surface area contributed by atoms with E-state index in [0.29, 0.717) is 16.7 Å². The highest BCUT2D eigenvalue weighted by atomic mass is 16.7. The molecule has 1 heterocycles. The van der Waals surface area contributed by atoms with Crippen LogP contribution in [0.4, 0.5) is 0 Å². The van der Waals surface area contributed by atoms with Gasteiger partial charge < -0.3 is 14.3 Å². The summed E-state index contributed by atoms with van der Waals surface area (Å²) in [6.07, 6.45) is 0. The van der Waals surface area contributed by atoms with Crippen molar-refractivity contribution in [2.24, 2.45) is 10.6 Å². The molecule has 2 aliphatic rings. The first-order chi connectivity index (χ1) is 17.4. The summed E-state index contributed by atoms with van der Waals surface area (Å²) in [5.41, 5.74) is -1.51. The number of oxime groups is 1. The highest BCUT2D eigenvalue weighted by Crippen LogP contribution is 2.64. The van der Waals surface area contributed by atoms with Crippen LogP contribution in [0.15, 0.2) is 95.7 Å². The maximum atomic E-state index is 14.5. The predicted molar refractivity (Wildman–Crippen MR) is 132 cm³/mol. The first-order valence-electron chi connectivity index (χ1n) is 11.3. The molecular formula is C29H23NO6. The quantitative estimate of drug-likeness (QED) is 0.311. The average Bonchev–Trinajstić information content (AvgIpc) is 3.39. The fourth-order valence-electron chi connectivity index (χ4n) is 5.20. The molecule has 0 aromatic heterocycles. The lowest BCUT2D eigenvalue weighted by atomic mass is 9.63. The summed E-state index contributed by atoms with van der Waals surface area (Å²) in [5, 5.41) is 4.36. The molecule has 180 valence electrons. The normalized spacial score (nSPS) is 22.5. The molecule has 1 aliphatic heterocycles. The van der Waals surface area contributed by atoms with Gasteiger partial charge in [-0.05, 0) is 12.5 Å². The molecule has 0 spiro atoms. The molecule has 0 N–H and O–H groups in total. The average molecular weight is 482 g/mol. The number of hydrogen-bond donors (Lipinski definition) is 0. The van der Waals surface area contributed by atoms with Crippen LogP contribution >= 0.6 is 0 Å². The van der Waals surface area contributed by atoms with Crippen LogP contribution in [0.25, 0.3) is 5.57 Å². The largest absolute Gasteiger partial charge is 0.468 e. The number of hydrogen-bond acceptors (Lipinski definition) is 7. The standard InChI is InChI=1S/C29H23NO6/c1-18-14-16-20(17-15-18)24-28(27(33)35-3)25(31)22(26(32)34-2)23(19-10-6-4-7-11-19)29(28,36-30-24)21-12-8-5-9-13-21/h4-17H,1-3H3/t28-,29+/m0/s1. The molecule has 0 saturated carbocycles. The predicted octanol–water partition coefficient (Wildman–Crippen LogP) is 3.99. The van der Waals surface area contributed by atoms with Crippen molar-refractivity contribution in [2.45, 2.75) is 12.5 Å². The Morgan fingerprint density at radius 1 is 0.806 bits per heavy atom. The van der Waals surface area contributed by atoms with Crippen LogP contribution in [-0.2, 0) is 34.3 Å². The molecule has 2 atom stereocenters. The van der Waals surface area contributed by atoms with Gasteiger partial charge in [0.25, 0.3) is 0 Å². The van der Waals surface area contributed by atoms with Crippen molar-refractivity contribution in [3.8, 4) is 0 Å². The van der Waals surface area contributed by atoms with Crippen LogP contribution in [-0.4, -0.2) is 37.7 Å². The van der Waals surface area contributed by atoms with Gasteiger partial charge in [-0.1, -0.05) is 95.6 Å². The van der Waals surface area contributed by atoms with Crippen LogP contribution in [0.2, 0.25) is 0 Å². The molecule has 7 nitrogen and oxygen atoms in total. The summed E-state index contributed by atoms with van der Waals surface area (Å²) >= 11 is 0. The lowest BCUT2D eigenvalue weighted by Gasteiger charge is -2.37. The Balaban J connectivity index is 1.94. The summed E-state index contributed by atoms with van der Waals surface area (Å²) in [4.78, 5) is 47.9. The summed E-state index contributed by atoms with van der Waals surface area (Å²) in [5.74, 6) is -2.56. The van der Waals surface area contributed by atoms with E-state index in [1.54, 1.807) is 66.7 Å². The van der Waals surface area contributed by atoms with Crippen molar-refractivity contribution in [1.29, 1.82) is 0 Å². The van der Waals surface area contributed by atoms with Crippen molar-refractivity contribution < 1.29 is 28.7 Å². The SMILES string of the molecule is COC(=O)C1=C(c2ccccc2)[C@@]2(c3ccccc3)ON=C(c3ccc(C)cc3)[C@@]2(C(=O)OC)C1=O. The van der Waals surface area contributed by atoms with Gasteiger partial charge in [0, 0.05) is 16.7 Å². The van der Waals surface area contributed by atoms with Gasteiger partial charge in [-0.3, -0.25) is 9.59 Å². The van der Waals surface area contributed by atoms with E-state index in [0.717, 1.165) is 5.56 Å². The van der Waals surface area contributed by atoms with Gasteiger partial charge in [-0.2, -0.15) is 0 Å². The molecule has 0 unspecified atom stereocenters. The molecule has 3 aromatic rings. The van der Waals surface area contributed by atoms with Gasteiger partial charge in [-0.25, -0.2) is 4.79 Å². The lowest BCUT2D eigenvalue weighted by molar-refractivity contribution is -0.162. The van der Waals surface area contributed by atoms with Gasteiger partial charge in [-0.15, -0.1) is 0 Å². The van der Waals surface area contributed by atoms with Crippen LogP contribution in [0.5, 0.6) is 0 Å². The van der Waals surface area contributed by atoms with Crippen molar-refractivity contribution in [2.75, 3.05) is 14.2 Å².